The number of nitrogens with zero attached hydrogens (tertiary/aromatic N) is 4. The standard InChI is InChI=1S/C45H28N4O/c1-4-13-29(14-5-1)43-46-44(30-15-6-2-7-16-30)48-45(47-43)32-24-26-41-38(28-32)36-21-12-20-34(42(36)50-41)31-23-25-40-37(27-31)35-19-10-11-22-39(35)49(40)33-17-8-3-9-18-33/h1-28H/i1D,4D,5D,13D,14D. The molecule has 0 amide bonds. The van der Waals surface area contributed by atoms with Gasteiger partial charge in [-0.05, 0) is 54.1 Å². The Hall–Kier alpha value is -6.85. The van der Waals surface area contributed by atoms with Crippen molar-refractivity contribution in [3.8, 4) is 51.0 Å². The van der Waals surface area contributed by atoms with Gasteiger partial charge in [0, 0.05) is 49.5 Å². The molecule has 0 bridgehead atoms. The lowest BCUT2D eigenvalue weighted by molar-refractivity contribution is 0.670. The fourth-order valence-corrected chi connectivity index (χ4v) is 6.86. The Morgan fingerprint density at radius 1 is 0.460 bits per heavy atom. The van der Waals surface area contributed by atoms with Gasteiger partial charge in [0.05, 0.1) is 17.9 Å². The van der Waals surface area contributed by atoms with Crippen LogP contribution in [0.4, 0.5) is 0 Å². The number of rotatable bonds is 5. The zero-order valence-corrected chi connectivity index (χ0v) is 26.5. The third-order valence-electron chi connectivity index (χ3n) is 9.14. The summed E-state index contributed by atoms with van der Waals surface area (Å²) in [5.74, 6) is 0.600. The van der Waals surface area contributed by atoms with E-state index in [-0.39, 0.29) is 23.5 Å². The van der Waals surface area contributed by atoms with Crippen LogP contribution >= 0.6 is 0 Å². The number of benzene rings is 7. The number of para-hydroxylation sites is 3. The Morgan fingerprint density at radius 3 is 1.92 bits per heavy atom. The monoisotopic (exact) mass is 645 g/mol. The van der Waals surface area contributed by atoms with Gasteiger partial charge < -0.3 is 8.98 Å². The average Bonchev–Trinajstić information content (AvgIpc) is 3.78. The topological polar surface area (TPSA) is 56.7 Å². The molecular formula is C45H28N4O. The first-order valence-electron chi connectivity index (χ1n) is 18.8. The Bertz CT molecular complexity index is 3130. The molecular weight excluding hydrogens is 613 g/mol. The zero-order valence-electron chi connectivity index (χ0n) is 31.5. The summed E-state index contributed by atoms with van der Waals surface area (Å²) in [6.07, 6.45) is 0. The van der Waals surface area contributed by atoms with Crippen LogP contribution in [0.3, 0.4) is 0 Å². The molecule has 7 aromatic carbocycles. The lowest BCUT2D eigenvalue weighted by Gasteiger charge is -2.08. The smallest absolute Gasteiger partial charge is 0.164 e. The predicted octanol–water partition coefficient (Wildman–Crippen LogP) is 11.5. The second-order valence-electron chi connectivity index (χ2n) is 12.1. The van der Waals surface area contributed by atoms with Gasteiger partial charge in [-0.3, -0.25) is 0 Å². The third kappa shape index (κ3) is 4.60. The number of aromatic nitrogens is 4. The van der Waals surface area contributed by atoms with Crippen molar-refractivity contribution in [1.29, 1.82) is 0 Å². The zero-order chi connectivity index (χ0) is 37.4. The van der Waals surface area contributed by atoms with Crippen LogP contribution in [0.5, 0.6) is 0 Å². The van der Waals surface area contributed by atoms with Crippen LogP contribution in [-0.2, 0) is 0 Å². The fourth-order valence-electron chi connectivity index (χ4n) is 6.86. The first kappa shape index (κ1) is 23.5. The van der Waals surface area contributed by atoms with Crippen LogP contribution < -0.4 is 0 Å². The third-order valence-corrected chi connectivity index (χ3v) is 9.14. The molecule has 5 nitrogen and oxygen atoms in total. The number of hydrogen-bond donors (Lipinski definition) is 0. The van der Waals surface area contributed by atoms with E-state index in [1.165, 1.54) is 5.39 Å². The molecule has 10 aromatic rings. The summed E-state index contributed by atoms with van der Waals surface area (Å²) < 4.78 is 50.8. The highest BCUT2D eigenvalue weighted by molar-refractivity contribution is 6.13. The maximum Gasteiger partial charge on any atom is 0.164 e. The van der Waals surface area contributed by atoms with Gasteiger partial charge in [0.15, 0.2) is 17.5 Å². The summed E-state index contributed by atoms with van der Waals surface area (Å²) in [5, 5.41) is 4.10. The van der Waals surface area contributed by atoms with Crippen molar-refractivity contribution in [3.05, 3.63) is 170 Å². The van der Waals surface area contributed by atoms with Crippen LogP contribution in [-0.4, -0.2) is 19.5 Å². The molecule has 5 heteroatoms. The van der Waals surface area contributed by atoms with E-state index in [9.17, 15) is 0 Å². The molecule has 0 fully saturated rings. The summed E-state index contributed by atoms with van der Waals surface area (Å²) in [6, 6.07) is 44.5. The van der Waals surface area contributed by atoms with Gasteiger partial charge >= 0.3 is 0 Å². The second-order valence-corrected chi connectivity index (χ2v) is 12.1. The highest BCUT2D eigenvalue weighted by atomic mass is 16.3. The van der Waals surface area contributed by atoms with E-state index in [4.69, 9.17) is 21.2 Å². The van der Waals surface area contributed by atoms with E-state index in [2.05, 4.69) is 82.3 Å². The van der Waals surface area contributed by atoms with Crippen molar-refractivity contribution in [1.82, 2.24) is 19.5 Å². The Labute approximate surface area is 294 Å². The maximum atomic E-state index is 8.63. The number of hydrogen-bond acceptors (Lipinski definition) is 4. The summed E-state index contributed by atoms with van der Waals surface area (Å²) in [5.41, 5.74) is 8.06. The molecule has 0 aliphatic carbocycles. The van der Waals surface area contributed by atoms with Gasteiger partial charge in [-0.2, -0.15) is 0 Å². The van der Waals surface area contributed by atoms with Gasteiger partial charge in [-0.15, -0.1) is 0 Å². The molecule has 3 aromatic heterocycles. The lowest BCUT2D eigenvalue weighted by atomic mass is 10.00. The molecule has 0 aliphatic heterocycles. The highest BCUT2D eigenvalue weighted by Crippen LogP contribution is 2.40. The predicted molar refractivity (Wildman–Crippen MR) is 203 cm³/mol. The van der Waals surface area contributed by atoms with Gasteiger partial charge in [0.1, 0.15) is 11.2 Å². The summed E-state index contributed by atoms with van der Waals surface area (Å²) in [6.45, 7) is 0. The molecule has 0 spiro atoms. The quantitative estimate of drug-likeness (QED) is 0.187. The van der Waals surface area contributed by atoms with Crippen molar-refractivity contribution in [2.75, 3.05) is 0 Å². The van der Waals surface area contributed by atoms with Crippen LogP contribution in [0.2, 0.25) is 0 Å². The molecule has 0 saturated carbocycles. The molecule has 0 aliphatic rings. The van der Waals surface area contributed by atoms with E-state index in [1.54, 1.807) is 0 Å². The Morgan fingerprint density at radius 2 is 1.10 bits per heavy atom. The molecule has 0 atom stereocenters. The Balaban J connectivity index is 1.14. The molecule has 10 rings (SSSR count). The summed E-state index contributed by atoms with van der Waals surface area (Å²) >= 11 is 0. The van der Waals surface area contributed by atoms with E-state index in [0.29, 0.717) is 28.4 Å². The largest absolute Gasteiger partial charge is 0.455 e. The average molecular weight is 646 g/mol. The minimum absolute atomic E-state index is 0.00991. The van der Waals surface area contributed by atoms with Crippen molar-refractivity contribution in [2.45, 2.75) is 0 Å². The van der Waals surface area contributed by atoms with Crippen molar-refractivity contribution >= 4 is 43.7 Å². The van der Waals surface area contributed by atoms with Crippen molar-refractivity contribution in [2.24, 2.45) is 0 Å². The summed E-state index contributed by atoms with van der Waals surface area (Å²) in [4.78, 5) is 14.2. The van der Waals surface area contributed by atoms with Crippen LogP contribution in [0.15, 0.2) is 174 Å². The molecule has 0 saturated heterocycles. The van der Waals surface area contributed by atoms with Crippen LogP contribution in [0.1, 0.15) is 6.85 Å². The summed E-state index contributed by atoms with van der Waals surface area (Å²) in [7, 11) is 0. The molecule has 3 heterocycles. The van der Waals surface area contributed by atoms with Gasteiger partial charge in [-0.1, -0.05) is 121 Å². The van der Waals surface area contributed by atoms with Gasteiger partial charge in [0.2, 0.25) is 0 Å². The number of furan rings is 1. The van der Waals surface area contributed by atoms with E-state index in [1.807, 2.05) is 66.7 Å². The molecule has 0 N–H and O–H groups in total. The minimum Gasteiger partial charge on any atom is -0.455 e. The van der Waals surface area contributed by atoms with Crippen molar-refractivity contribution < 1.29 is 11.3 Å². The maximum absolute atomic E-state index is 8.63. The molecule has 234 valence electrons. The first-order valence-corrected chi connectivity index (χ1v) is 16.3. The van der Waals surface area contributed by atoms with E-state index >= 15 is 0 Å². The number of fused-ring (bicyclic) bond motifs is 6. The minimum atomic E-state index is -0.480. The SMILES string of the molecule is [2H]c1c([2H])c([2H])c(-c2nc(-c3ccccc3)nc(-c3ccc4oc5c(-c6ccc7c(c6)c6ccccc6n7-c6ccccc6)cccc5c4c3)n2)c([2H])c1[2H]. The second kappa shape index (κ2) is 11.4. The van der Waals surface area contributed by atoms with E-state index < -0.39 is 18.1 Å². The molecule has 50 heavy (non-hydrogen) atoms. The first-order chi connectivity index (χ1) is 26.9. The van der Waals surface area contributed by atoms with E-state index in [0.717, 1.165) is 49.6 Å². The van der Waals surface area contributed by atoms with Crippen LogP contribution in [0, 0.1) is 0 Å². The fraction of sp³-hybridized carbons (Fsp3) is 0. The molecule has 0 unspecified atom stereocenters. The highest BCUT2D eigenvalue weighted by Gasteiger charge is 2.18. The van der Waals surface area contributed by atoms with Crippen molar-refractivity contribution in [3.63, 3.8) is 0 Å². The molecule has 0 radical (unpaired) electrons. The lowest BCUT2D eigenvalue weighted by Crippen LogP contribution is -2.00. The van der Waals surface area contributed by atoms with Gasteiger partial charge in [-0.25, -0.2) is 15.0 Å². The van der Waals surface area contributed by atoms with Gasteiger partial charge in [0.25, 0.3) is 0 Å². The Kier molecular flexibility index (Phi) is 5.35. The van der Waals surface area contributed by atoms with Crippen LogP contribution in [0.25, 0.3) is 94.7 Å². The normalized spacial score (nSPS) is 13.0.